The summed E-state index contributed by atoms with van der Waals surface area (Å²) in [5, 5.41) is 0.748. The summed E-state index contributed by atoms with van der Waals surface area (Å²) in [5.41, 5.74) is 1.96. The maximum absolute atomic E-state index is 11.5. The van der Waals surface area contributed by atoms with Gasteiger partial charge in [-0.05, 0) is 25.1 Å². The molecule has 0 amide bonds. The number of aromatic amines is 1. The summed E-state index contributed by atoms with van der Waals surface area (Å²) >= 11 is 5.52. The van der Waals surface area contributed by atoms with Gasteiger partial charge >= 0.3 is 0 Å². The average molecular weight is 236 g/mol. The molecule has 0 radical (unpaired) electrons. The minimum absolute atomic E-state index is 0.0210. The fourth-order valence-electron chi connectivity index (χ4n) is 1.64. The van der Waals surface area contributed by atoms with E-state index in [0.29, 0.717) is 11.1 Å². The molecular weight excluding hydrogens is 226 g/mol. The van der Waals surface area contributed by atoms with Crippen LogP contribution in [0.25, 0.3) is 10.9 Å². The van der Waals surface area contributed by atoms with Gasteiger partial charge in [-0.25, -0.2) is 0 Å². The lowest BCUT2D eigenvalue weighted by molar-refractivity contribution is 0.101. The summed E-state index contributed by atoms with van der Waals surface area (Å²) in [6.45, 7) is 1.50. The standard InChI is InChI=1S/C12H10ClNO2/c1-7(15)8-2-3-11-9(4-8)10(6-14-11)12(16)5-13/h2-4,6,14H,5H2,1H3. The zero-order valence-electron chi connectivity index (χ0n) is 8.71. The molecule has 1 aromatic heterocycles. The Morgan fingerprint density at radius 2 is 2.12 bits per heavy atom. The van der Waals surface area contributed by atoms with Crippen molar-refractivity contribution in [3.63, 3.8) is 0 Å². The first-order valence-corrected chi connectivity index (χ1v) is 5.38. The predicted molar refractivity (Wildman–Crippen MR) is 63.4 cm³/mol. The Kier molecular flexibility index (Phi) is 2.79. The van der Waals surface area contributed by atoms with E-state index in [9.17, 15) is 9.59 Å². The van der Waals surface area contributed by atoms with Crippen molar-refractivity contribution in [1.29, 1.82) is 0 Å². The van der Waals surface area contributed by atoms with Gasteiger partial charge in [0.05, 0.1) is 5.88 Å². The third kappa shape index (κ3) is 1.74. The van der Waals surface area contributed by atoms with Crippen LogP contribution in [0.2, 0.25) is 0 Å². The number of halogens is 1. The smallest absolute Gasteiger partial charge is 0.179 e. The van der Waals surface area contributed by atoms with E-state index in [-0.39, 0.29) is 17.4 Å². The summed E-state index contributed by atoms with van der Waals surface area (Å²) in [5.74, 6) is -0.224. The highest BCUT2D eigenvalue weighted by Gasteiger charge is 2.12. The number of fused-ring (bicyclic) bond motifs is 1. The molecule has 0 atom stereocenters. The zero-order valence-corrected chi connectivity index (χ0v) is 9.47. The molecule has 0 aliphatic rings. The minimum atomic E-state index is -0.145. The van der Waals surface area contributed by atoms with E-state index in [1.165, 1.54) is 6.92 Å². The molecule has 0 bridgehead atoms. The van der Waals surface area contributed by atoms with Crippen molar-refractivity contribution in [3.05, 3.63) is 35.5 Å². The second-order valence-electron chi connectivity index (χ2n) is 3.58. The van der Waals surface area contributed by atoms with Gasteiger partial charge in [-0.2, -0.15) is 0 Å². The second-order valence-corrected chi connectivity index (χ2v) is 3.84. The lowest BCUT2D eigenvalue weighted by atomic mass is 10.1. The van der Waals surface area contributed by atoms with Gasteiger partial charge in [0.15, 0.2) is 11.6 Å². The molecule has 0 fully saturated rings. The molecular formula is C12H10ClNO2. The lowest BCUT2D eigenvalue weighted by Gasteiger charge is -1.98. The van der Waals surface area contributed by atoms with Gasteiger partial charge in [0.25, 0.3) is 0 Å². The number of carbonyl (C=O) groups excluding carboxylic acids is 2. The van der Waals surface area contributed by atoms with Gasteiger partial charge in [0.2, 0.25) is 0 Å². The number of rotatable bonds is 3. The van der Waals surface area contributed by atoms with Crippen LogP contribution in [-0.2, 0) is 0 Å². The first-order valence-electron chi connectivity index (χ1n) is 4.84. The van der Waals surface area contributed by atoms with Crippen molar-refractivity contribution >= 4 is 34.1 Å². The van der Waals surface area contributed by atoms with Gasteiger partial charge in [-0.1, -0.05) is 0 Å². The number of benzene rings is 1. The van der Waals surface area contributed by atoms with E-state index in [2.05, 4.69) is 4.98 Å². The quantitative estimate of drug-likeness (QED) is 0.657. The molecule has 1 N–H and O–H groups in total. The third-order valence-electron chi connectivity index (χ3n) is 2.51. The largest absolute Gasteiger partial charge is 0.360 e. The third-order valence-corrected chi connectivity index (χ3v) is 2.75. The van der Waals surface area contributed by atoms with Gasteiger partial charge in [-0.3, -0.25) is 9.59 Å². The lowest BCUT2D eigenvalue weighted by Crippen LogP contribution is -1.99. The SMILES string of the molecule is CC(=O)c1ccc2[nH]cc(C(=O)CCl)c2c1. The van der Waals surface area contributed by atoms with E-state index >= 15 is 0 Å². The highest BCUT2D eigenvalue weighted by Crippen LogP contribution is 2.21. The van der Waals surface area contributed by atoms with Crippen molar-refractivity contribution < 1.29 is 9.59 Å². The Bertz CT molecular complexity index is 571. The maximum atomic E-state index is 11.5. The Morgan fingerprint density at radius 3 is 2.75 bits per heavy atom. The highest BCUT2D eigenvalue weighted by atomic mass is 35.5. The molecule has 82 valence electrons. The summed E-state index contributed by atoms with van der Waals surface area (Å²) in [6.07, 6.45) is 1.62. The van der Waals surface area contributed by atoms with Crippen LogP contribution in [0.5, 0.6) is 0 Å². The first kappa shape index (κ1) is 10.9. The molecule has 2 rings (SSSR count). The molecule has 0 aliphatic carbocycles. The summed E-state index contributed by atoms with van der Waals surface area (Å²) in [7, 11) is 0. The summed E-state index contributed by atoms with van der Waals surface area (Å²) in [4.78, 5) is 25.8. The molecule has 0 saturated heterocycles. The fraction of sp³-hybridized carbons (Fsp3) is 0.167. The predicted octanol–water partition coefficient (Wildman–Crippen LogP) is 2.79. The normalized spacial score (nSPS) is 10.6. The number of H-pyrrole nitrogens is 1. The Labute approximate surface area is 97.4 Å². The van der Waals surface area contributed by atoms with E-state index in [4.69, 9.17) is 11.6 Å². The van der Waals surface area contributed by atoms with Gasteiger partial charge in [0.1, 0.15) is 0 Å². The van der Waals surface area contributed by atoms with Crippen molar-refractivity contribution in [1.82, 2.24) is 4.98 Å². The second kappa shape index (κ2) is 4.10. The number of aromatic nitrogens is 1. The topological polar surface area (TPSA) is 49.9 Å². The Hall–Kier alpha value is -1.61. The van der Waals surface area contributed by atoms with Crippen molar-refractivity contribution in [3.8, 4) is 0 Å². The van der Waals surface area contributed by atoms with Crippen molar-refractivity contribution in [2.75, 3.05) is 5.88 Å². The number of hydrogen-bond donors (Lipinski definition) is 1. The molecule has 16 heavy (non-hydrogen) atoms. The Morgan fingerprint density at radius 1 is 1.38 bits per heavy atom. The number of hydrogen-bond acceptors (Lipinski definition) is 2. The fourth-order valence-corrected chi connectivity index (χ4v) is 1.79. The molecule has 0 saturated carbocycles. The molecule has 0 unspecified atom stereocenters. The maximum Gasteiger partial charge on any atom is 0.179 e. The molecule has 4 heteroatoms. The summed E-state index contributed by atoms with van der Waals surface area (Å²) in [6, 6.07) is 5.24. The Balaban J connectivity index is 2.64. The van der Waals surface area contributed by atoms with Crippen LogP contribution < -0.4 is 0 Å². The van der Waals surface area contributed by atoms with Crippen molar-refractivity contribution in [2.45, 2.75) is 6.92 Å². The average Bonchev–Trinajstić information content (AvgIpc) is 2.70. The van der Waals surface area contributed by atoms with Crippen LogP contribution in [0.15, 0.2) is 24.4 Å². The van der Waals surface area contributed by atoms with E-state index in [1.54, 1.807) is 24.4 Å². The first-order chi connectivity index (χ1) is 7.63. The number of alkyl halides is 1. The minimum Gasteiger partial charge on any atom is -0.360 e. The zero-order chi connectivity index (χ0) is 11.7. The van der Waals surface area contributed by atoms with Crippen LogP contribution in [0, 0.1) is 0 Å². The van der Waals surface area contributed by atoms with Gasteiger partial charge < -0.3 is 4.98 Å². The molecule has 1 heterocycles. The van der Waals surface area contributed by atoms with Crippen LogP contribution in [0.1, 0.15) is 27.6 Å². The van der Waals surface area contributed by atoms with Crippen LogP contribution >= 0.6 is 11.6 Å². The molecule has 0 spiro atoms. The van der Waals surface area contributed by atoms with E-state index < -0.39 is 0 Å². The van der Waals surface area contributed by atoms with Crippen LogP contribution in [0.4, 0.5) is 0 Å². The molecule has 1 aromatic carbocycles. The molecule has 0 aliphatic heterocycles. The van der Waals surface area contributed by atoms with Crippen molar-refractivity contribution in [2.24, 2.45) is 0 Å². The van der Waals surface area contributed by atoms with E-state index in [1.807, 2.05) is 0 Å². The van der Waals surface area contributed by atoms with Crippen LogP contribution in [0.3, 0.4) is 0 Å². The molecule has 2 aromatic rings. The van der Waals surface area contributed by atoms with Crippen LogP contribution in [-0.4, -0.2) is 22.4 Å². The van der Waals surface area contributed by atoms with E-state index in [0.717, 1.165) is 10.9 Å². The van der Waals surface area contributed by atoms with Gasteiger partial charge in [0, 0.05) is 28.2 Å². The highest BCUT2D eigenvalue weighted by molar-refractivity contribution is 6.32. The van der Waals surface area contributed by atoms with Gasteiger partial charge in [-0.15, -0.1) is 11.6 Å². The number of ketones is 2. The number of carbonyl (C=O) groups is 2. The molecule has 3 nitrogen and oxygen atoms in total. The number of nitrogens with one attached hydrogen (secondary N) is 1. The number of Topliss-reactive ketones (excluding diaryl/α,β-unsaturated/α-hetero) is 2. The monoisotopic (exact) mass is 235 g/mol. The summed E-state index contributed by atoms with van der Waals surface area (Å²) < 4.78 is 0.